The van der Waals surface area contributed by atoms with Crippen molar-refractivity contribution in [2.45, 2.75) is 43.2 Å². The van der Waals surface area contributed by atoms with Crippen LogP contribution < -0.4 is 11.3 Å². The third-order valence-corrected chi connectivity index (χ3v) is 4.12. The van der Waals surface area contributed by atoms with Gasteiger partial charge in [0.05, 0.1) is 0 Å². The Bertz CT molecular complexity index is 667. The molecule has 1 aromatic heterocycles. The van der Waals surface area contributed by atoms with Crippen LogP contribution in [0.3, 0.4) is 0 Å². The Balaban J connectivity index is 2.31. The zero-order chi connectivity index (χ0) is 15.2. The number of H-pyrrole nitrogens is 1. The predicted octanol–water partition coefficient (Wildman–Crippen LogP) is 2.68. The van der Waals surface area contributed by atoms with Gasteiger partial charge in [-0.05, 0) is 37.9 Å². The van der Waals surface area contributed by atoms with Crippen LogP contribution >= 0.6 is 11.8 Å². The lowest BCUT2D eigenvalue weighted by Gasteiger charge is -2.09. The molecular weight excluding hydrogens is 282 g/mol. The van der Waals surface area contributed by atoms with Crippen LogP contribution in [-0.4, -0.2) is 16.5 Å². The lowest BCUT2D eigenvalue weighted by Crippen LogP contribution is -2.10. The average molecular weight is 303 g/mol. The molecule has 1 aromatic carbocycles. The van der Waals surface area contributed by atoms with Crippen molar-refractivity contribution in [3.05, 3.63) is 51.4 Å². The van der Waals surface area contributed by atoms with E-state index >= 15 is 0 Å². The number of nitrogens with zero attached hydrogens (tertiary/aromatic N) is 1. The van der Waals surface area contributed by atoms with Crippen molar-refractivity contribution >= 4 is 11.8 Å². The fraction of sp³-hybridized carbons (Fsp3) is 0.375. The summed E-state index contributed by atoms with van der Waals surface area (Å²) in [7, 11) is 0. The normalized spacial score (nSPS) is 10.8. The van der Waals surface area contributed by atoms with E-state index in [-0.39, 0.29) is 5.56 Å². The Hall–Kier alpha value is -1.59. The van der Waals surface area contributed by atoms with Gasteiger partial charge in [-0.3, -0.25) is 4.79 Å². The van der Waals surface area contributed by atoms with Gasteiger partial charge in [0.1, 0.15) is 0 Å². The molecule has 0 amide bonds. The van der Waals surface area contributed by atoms with Crippen molar-refractivity contribution in [1.29, 1.82) is 0 Å². The molecule has 0 aliphatic rings. The molecule has 0 spiro atoms. The van der Waals surface area contributed by atoms with Crippen LogP contribution in [0.1, 0.15) is 30.2 Å². The lowest BCUT2D eigenvalue weighted by molar-refractivity contribution is 0.815. The maximum Gasteiger partial charge on any atom is 0.251 e. The molecule has 0 aliphatic carbocycles. The van der Waals surface area contributed by atoms with E-state index in [2.05, 4.69) is 42.0 Å². The molecule has 2 rings (SSSR count). The second-order valence-corrected chi connectivity index (χ2v) is 6.07. The molecule has 0 atom stereocenters. The maximum atomic E-state index is 11.7. The van der Waals surface area contributed by atoms with Crippen molar-refractivity contribution in [2.75, 3.05) is 6.54 Å². The van der Waals surface area contributed by atoms with E-state index in [1.54, 1.807) is 6.07 Å². The summed E-state index contributed by atoms with van der Waals surface area (Å²) in [4.78, 5) is 20.1. The van der Waals surface area contributed by atoms with Crippen LogP contribution in [0.2, 0.25) is 0 Å². The predicted molar refractivity (Wildman–Crippen MR) is 86.9 cm³/mol. The fourth-order valence-electron chi connectivity index (χ4n) is 2.18. The van der Waals surface area contributed by atoms with E-state index in [1.807, 2.05) is 0 Å². The Kier molecular flexibility index (Phi) is 5.59. The lowest BCUT2D eigenvalue weighted by atomic mass is 10.1. The minimum Gasteiger partial charge on any atom is -0.330 e. The summed E-state index contributed by atoms with van der Waals surface area (Å²) in [5, 5.41) is 0.646. The number of hydrogen-bond donors (Lipinski definition) is 2. The van der Waals surface area contributed by atoms with Gasteiger partial charge in [-0.25, -0.2) is 4.98 Å². The van der Waals surface area contributed by atoms with Crippen LogP contribution in [0.5, 0.6) is 0 Å². The molecule has 112 valence electrons. The highest BCUT2D eigenvalue weighted by atomic mass is 32.2. The van der Waals surface area contributed by atoms with Crippen LogP contribution in [0.15, 0.2) is 39.1 Å². The minimum absolute atomic E-state index is 0.0940. The minimum atomic E-state index is -0.0940. The Labute approximate surface area is 129 Å². The standard InChI is InChI=1S/C16H21N3OS/c1-3-4-13-10-15(20)19-16(18-13)21-14-6-5-11(2)9-12(14)7-8-17/h5-6,9-10H,3-4,7-8,17H2,1-2H3,(H,18,19,20). The second-order valence-electron chi connectivity index (χ2n) is 5.04. The van der Waals surface area contributed by atoms with Gasteiger partial charge in [0, 0.05) is 16.7 Å². The second kappa shape index (κ2) is 7.43. The first-order valence-electron chi connectivity index (χ1n) is 7.20. The zero-order valence-electron chi connectivity index (χ0n) is 12.5. The summed E-state index contributed by atoms with van der Waals surface area (Å²) in [5.41, 5.74) is 8.84. The molecule has 1 heterocycles. The van der Waals surface area contributed by atoms with Crippen LogP contribution in [0.4, 0.5) is 0 Å². The third-order valence-electron chi connectivity index (χ3n) is 3.12. The summed E-state index contributed by atoms with van der Waals surface area (Å²) in [6.45, 7) is 4.75. The van der Waals surface area contributed by atoms with Gasteiger partial charge >= 0.3 is 0 Å². The molecule has 0 aliphatic heterocycles. The quantitative estimate of drug-likeness (QED) is 0.805. The van der Waals surface area contributed by atoms with E-state index < -0.39 is 0 Å². The summed E-state index contributed by atoms with van der Waals surface area (Å²) < 4.78 is 0. The number of aromatic amines is 1. The molecule has 0 saturated heterocycles. The summed E-state index contributed by atoms with van der Waals surface area (Å²) >= 11 is 1.49. The van der Waals surface area contributed by atoms with E-state index in [4.69, 9.17) is 5.73 Å². The van der Waals surface area contributed by atoms with Crippen molar-refractivity contribution < 1.29 is 0 Å². The summed E-state index contributed by atoms with van der Waals surface area (Å²) in [6, 6.07) is 7.85. The smallest absolute Gasteiger partial charge is 0.251 e. The Morgan fingerprint density at radius 1 is 1.29 bits per heavy atom. The SMILES string of the molecule is CCCc1cc(=O)[nH]c(Sc2ccc(C)cc2CCN)n1. The topological polar surface area (TPSA) is 71.8 Å². The van der Waals surface area contributed by atoms with Crippen LogP contribution in [0.25, 0.3) is 0 Å². The van der Waals surface area contributed by atoms with Crippen molar-refractivity contribution in [1.82, 2.24) is 9.97 Å². The van der Waals surface area contributed by atoms with Gasteiger partial charge < -0.3 is 10.7 Å². The molecule has 0 radical (unpaired) electrons. The zero-order valence-corrected chi connectivity index (χ0v) is 13.3. The number of aromatic nitrogens is 2. The molecule has 0 saturated carbocycles. The van der Waals surface area contributed by atoms with Crippen molar-refractivity contribution in [2.24, 2.45) is 5.73 Å². The highest BCUT2D eigenvalue weighted by molar-refractivity contribution is 7.99. The number of rotatable bonds is 6. The van der Waals surface area contributed by atoms with Gasteiger partial charge in [-0.1, -0.05) is 42.8 Å². The first-order chi connectivity index (χ1) is 10.1. The molecule has 21 heavy (non-hydrogen) atoms. The number of aryl methyl sites for hydroxylation is 2. The van der Waals surface area contributed by atoms with Crippen LogP contribution in [-0.2, 0) is 12.8 Å². The molecule has 3 N–H and O–H groups in total. The van der Waals surface area contributed by atoms with Gasteiger partial charge in [0.25, 0.3) is 5.56 Å². The Morgan fingerprint density at radius 3 is 2.81 bits per heavy atom. The van der Waals surface area contributed by atoms with Gasteiger partial charge in [0.15, 0.2) is 5.16 Å². The number of nitrogens with one attached hydrogen (secondary N) is 1. The highest BCUT2D eigenvalue weighted by Gasteiger charge is 2.08. The van der Waals surface area contributed by atoms with Crippen molar-refractivity contribution in [3.63, 3.8) is 0 Å². The molecule has 2 aromatic rings. The molecule has 5 heteroatoms. The summed E-state index contributed by atoms with van der Waals surface area (Å²) in [5.74, 6) is 0. The molecule has 0 unspecified atom stereocenters. The highest BCUT2D eigenvalue weighted by Crippen LogP contribution is 2.28. The van der Waals surface area contributed by atoms with Gasteiger partial charge in [-0.15, -0.1) is 0 Å². The summed E-state index contributed by atoms with van der Waals surface area (Å²) in [6.07, 6.45) is 2.62. The monoisotopic (exact) mass is 303 g/mol. The fourth-order valence-corrected chi connectivity index (χ4v) is 3.13. The first kappa shape index (κ1) is 15.8. The van der Waals surface area contributed by atoms with Crippen molar-refractivity contribution in [3.8, 4) is 0 Å². The Morgan fingerprint density at radius 2 is 2.10 bits per heavy atom. The average Bonchev–Trinajstić information content (AvgIpc) is 2.42. The number of nitrogens with two attached hydrogens (primary N) is 1. The van der Waals surface area contributed by atoms with E-state index in [0.29, 0.717) is 11.7 Å². The van der Waals surface area contributed by atoms with E-state index in [9.17, 15) is 4.79 Å². The molecule has 4 nitrogen and oxygen atoms in total. The van der Waals surface area contributed by atoms with Crippen LogP contribution in [0, 0.1) is 6.92 Å². The number of benzene rings is 1. The maximum absolute atomic E-state index is 11.7. The van der Waals surface area contributed by atoms with E-state index in [1.165, 1.54) is 22.9 Å². The molecule has 0 bridgehead atoms. The number of hydrogen-bond acceptors (Lipinski definition) is 4. The third kappa shape index (κ3) is 4.44. The first-order valence-corrected chi connectivity index (χ1v) is 8.01. The van der Waals surface area contributed by atoms with E-state index in [0.717, 1.165) is 29.9 Å². The molecular formula is C16H21N3OS. The largest absolute Gasteiger partial charge is 0.330 e. The van der Waals surface area contributed by atoms with Gasteiger partial charge in [0.2, 0.25) is 0 Å². The molecule has 0 fully saturated rings. The van der Waals surface area contributed by atoms with Gasteiger partial charge in [-0.2, -0.15) is 0 Å².